The van der Waals surface area contributed by atoms with Crippen LogP contribution >= 0.6 is 15.9 Å². The molecule has 122 valence electrons. The molecular weight excluding hydrogens is 374 g/mol. The van der Waals surface area contributed by atoms with Crippen LogP contribution in [0.4, 0.5) is 0 Å². The van der Waals surface area contributed by atoms with Crippen molar-refractivity contribution in [1.82, 2.24) is 5.16 Å². The third-order valence-corrected chi connectivity index (χ3v) is 3.86. The normalized spacial score (nSPS) is 10.4. The number of rotatable bonds is 5. The fourth-order valence-electron chi connectivity index (χ4n) is 2.07. The lowest BCUT2D eigenvalue weighted by molar-refractivity contribution is 0.0723. The molecule has 24 heavy (non-hydrogen) atoms. The van der Waals surface area contributed by atoms with Gasteiger partial charge in [0, 0.05) is 11.6 Å². The molecule has 5 nitrogen and oxygen atoms in total. The predicted molar refractivity (Wildman–Crippen MR) is 92.2 cm³/mol. The Morgan fingerprint density at radius 1 is 1.17 bits per heavy atom. The van der Waals surface area contributed by atoms with Gasteiger partial charge in [-0.3, -0.25) is 0 Å². The second-order valence-corrected chi connectivity index (χ2v) is 5.71. The highest BCUT2D eigenvalue weighted by molar-refractivity contribution is 9.10. The molecule has 1 heterocycles. The van der Waals surface area contributed by atoms with Crippen LogP contribution in [0.25, 0.3) is 11.3 Å². The van der Waals surface area contributed by atoms with Gasteiger partial charge in [-0.15, -0.1) is 0 Å². The number of hydrogen-bond donors (Lipinski definition) is 0. The van der Waals surface area contributed by atoms with Crippen molar-refractivity contribution in [1.29, 1.82) is 0 Å². The first-order valence-electron chi connectivity index (χ1n) is 7.34. The van der Waals surface area contributed by atoms with Crippen LogP contribution in [0, 0.1) is 0 Å². The van der Waals surface area contributed by atoms with Crippen LogP contribution in [0.5, 0.6) is 11.5 Å². The maximum Gasteiger partial charge on any atom is 0.365 e. The number of ether oxygens (including phenoxy) is 2. The number of carbonyl (C=O) groups excluding carboxylic acids is 1. The van der Waals surface area contributed by atoms with Gasteiger partial charge in [-0.25, -0.2) is 4.79 Å². The van der Waals surface area contributed by atoms with Gasteiger partial charge < -0.3 is 14.0 Å². The van der Waals surface area contributed by atoms with E-state index in [-0.39, 0.29) is 5.69 Å². The van der Waals surface area contributed by atoms with Gasteiger partial charge in [0.25, 0.3) is 0 Å². The summed E-state index contributed by atoms with van der Waals surface area (Å²) in [6.07, 6.45) is 0. The molecule has 0 N–H and O–H groups in total. The van der Waals surface area contributed by atoms with Crippen molar-refractivity contribution < 1.29 is 18.8 Å². The lowest BCUT2D eigenvalue weighted by Crippen LogP contribution is -2.08. The standard InChI is InChI=1S/C18H14BrNO4/c1-2-22-13-9-7-12(8-10-13)17-11-15(20-24-17)18(21)23-16-6-4-3-5-14(16)19/h3-11H,2H2,1H3. The highest BCUT2D eigenvalue weighted by Crippen LogP contribution is 2.26. The molecule has 0 atom stereocenters. The number of aromatic nitrogens is 1. The summed E-state index contributed by atoms with van der Waals surface area (Å²) in [4.78, 5) is 12.2. The molecule has 0 saturated heterocycles. The fraction of sp³-hybridized carbons (Fsp3) is 0.111. The lowest BCUT2D eigenvalue weighted by Gasteiger charge is -2.03. The summed E-state index contributed by atoms with van der Waals surface area (Å²) >= 11 is 3.33. The Kier molecular flexibility index (Phi) is 4.96. The third-order valence-electron chi connectivity index (χ3n) is 3.21. The lowest BCUT2D eigenvalue weighted by atomic mass is 10.1. The molecule has 0 fully saturated rings. The van der Waals surface area contributed by atoms with Gasteiger partial charge in [0.05, 0.1) is 11.1 Å². The molecule has 3 aromatic rings. The molecule has 0 aliphatic carbocycles. The zero-order chi connectivity index (χ0) is 16.9. The van der Waals surface area contributed by atoms with E-state index in [1.165, 1.54) is 0 Å². The number of halogens is 1. The molecule has 0 saturated carbocycles. The third kappa shape index (κ3) is 3.65. The van der Waals surface area contributed by atoms with Gasteiger partial charge in [0.15, 0.2) is 11.5 Å². The highest BCUT2D eigenvalue weighted by Gasteiger charge is 2.17. The van der Waals surface area contributed by atoms with E-state index in [1.54, 1.807) is 24.3 Å². The van der Waals surface area contributed by atoms with Gasteiger partial charge >= 0.3 is 5.97 Å². The number of carbonyl (C=O) groups is 1. The SMILES string of the molecule is CCOc1ccc(-c2cc(C(=O)Oc3ccccc3Br)no2)cc1. The number of benzene rings is 2. The molecule has 0 amide bonds. The van der Waals surface area contributed by atoms with E-state index >= 15 is 0 Å². The van der Waals surface area contributed by atoms with Gasteiger partial charge in [0.1, 0.15) is 11.5 Å². The summed E-state index contributed by atoms with van der Waals surface area (Å²) in [5, 5.41) is 3.78. The van der Waals surface area contributed by atoms with E-state index < -0.39 is 5.97 Å². The molecule has 3 rings (SSSR count). The van der Waals surface area contributed by atoms with Crippen molar-refractivity contribution >= 4 is 21.9 Å². The summed E-state index contributed by atoms with van der Waals surface area (Å²) in [6, 6.07) is 16.0. The molecule has 0 spiro atoms. The minimum Gasteiger partial charge on any atom is -0.494 e. The Morgan fingerprint density at radius 2 is 1.92 bits per heavy atom. The highest BCUT2D eigenvalue weighted by atomic mass is 79.9. The van der Waals surface area contributed by atoms with Crippen molar-refractivity contribution in [2.45, 2.75) is 6.92 Å². The Balaban J connectivity index is 1.75. The van der Waals surface area contributed by atoms with Crippen LogP contribution in [-0.2, 0) is 0 Å². The average Bonchev–Trinajstić information content (AvgIpc) is 3.08. The van der Waals surface area contributed by atoms with Gasteiger partial charge in [-0.2, -0.15) is 0 Å². The van der Waals surface area contributed by atoms with E-state index in [1.807, 2.05) is 37.3 Å². The topological polar surface area (TPSA) is 61.6 Å². The summed E-state index contributed by atoms with van der Waals surface area (Å²) in [7, 11) is 0. The fourth-order valence-corrected chi connectivity index (χ4v) is 2.43. The first-order chi connectivity index (χ1) is 11.7. The second-order valence-electron chi connectivity index (χ2n) is 4.85. The monoisotopic (exact) mass is 387 g/mol. The van der Waals surface area contributed by atoms with Crippen LogP contribution in [-0.4, -0.2) is 17.7 Å². The van der Waals surface area contributed by atoms with Crippen molar-refractivity contribution in [2.75, 3.05) is 6.61 Å². The Bertz CT molecular complexity index is 842. The van der Waals surface area contributed by atoms with Crippen LogP contribution < -0.4 is 9.47 Å². The van der Waals surface area contributed by atoms with E-state index in [4.69, 9.17) is 14.0 Å². The summed E-state index contributed by atoms with van der Waals surface area (Å²) in [5.74, 6) is 1.10. The zero-order valence-electron chi connectivity index (χ0n) is 12.9. The summed E-state index contributed by atoms with van der Waals surface area (Å²) in [6.45, 7) is 2.53. The number of para-hydroxylation sites is 1. The van der Waals surface area contributed by atoms with Crippen molar-refractivity contribution in [2.24, 2.45) is 0 Å². The smallest absolute Gasteiger partial charge is 0.365 e. The van der Waals surface area contributed by atoms with Crippen LogP contribution in [0.3, 0.4) is 0 Å². The van der Waals surface area contributed by atoms with Crippen molar-refractivity contribution in [3.63, 3.8) is 0 Å². The van der Waals surface area contributed by atoms with Gasteiger partial charge in [-0.1, -0.05) is 17.3 Å². The summed E-state index contributed by atoms with van der Waals surface area (Å²) in [5.41, 5.74) is 0.903. The summed E-state index contributed by atoms with van der Waals surface area (Å²) < 4.78 is 16.6. The van der Waals surface area contributed by atoms with Crippen LogP contribution in [0.2, 0.25) is 0 Å². The molecule has 0 radical (unpaired) electrons. The van der Waals surface area contributed by atoms with Crippen molar-refractivity contribution in [3.8, 4) is 22.8 Å². The Morgan fingerprint density at radius 3 is 2.62 bits per heavy atom. The number of nitrogens with zero attached hydrogens (tertiary/aromatic N) is 1. The van der Waals surface area contributed by atoms with E-state index in [0.29, 0.717) is 22.6 Å². The Labute approximate surface area is 147 Å². The van der Waals surface area contributed by atoms with Crippen LogP contribution in [0.1, 0.15) is 17.4 Å². The Hall–Kier alpha value is -2.60. The van der Waals surface area contributed by atoms with Crippen molar-refractivity contribution in [3.05, 3.63) is 64.8 Å². The first kappa shape index (κ1) is 16.3. The predicted octanol–water partition coefficient (Wildman–Crippen LogP) is 4.72. The van der Waals surface area contributed by atoms with Gasteiger partial charge in [0.2, 0.25) is 0 Å². The maximum absolute atomic E-state index is 12.2. The second kappa shape index (κ2) is 7.31. The number of hydrogen-bond acceptors (Lipinski definition) is 5. The maximum atomic E-state index is 12.2. The molecular formula is C18H14BrNO4. The molecule has 2 aromatic carbocycles. The largest absolute Gasteiger partial charge is 0.494 e. The molecule has 0 aliphatic heterocycles. The molecule has 0 aliphatic rings. The van der Waals surface area contributed by atoms with E-state index in [0.717, 1.165) is 11.3 Å². The van der Waals surface area contributed by atoms with E-state index in [2.05, 4.69) is 21.1 Å². The molecule has 1 aromatic heterocycles. The minimum absolute atomic E-state index is 0.106. The molecule has 6 heteroatoms. The first-order valence-corrected chi connectivity index (χ1v) is 8.13. The quantitative estimate of drug-likeness (QED) is 0.468. The molecule has 0 bridgehead atoms. The van der Waals surface area contributed by atoms with E-state index in [9.17, 15) is 4.79 Å². The van der Waals surface area contributed by atoms with Crippen LogP contribution in [0.15, 0.2) is 63.6 Å². The zero-order valence-corrected chi connectivity index (χ0v) is 14.4. The molecule has 0 unspecified atom stereocenters. The average molecular weight is 388 g/mol. The minimum atomic E-state index is -0.581. The van der Waals surface area contributed by atoms with Gasteiger partial charge in [-0.05, 0) is 59.3 Å². The number of esters is 1.